The van der Waals surface area contributed by atoms with Crippen LogP contribution in [0.15, 0.2) is 11.6 Å². The third kappa shape index (κ3) is 3.31. The van der Waals surface area contributed by atoms with Crippen molar-refractivity contribution in [3.05, 3.63) is 11.6 Å². The first kappa shape index (κ1) is 22.1. The average molecular weight is 420 g/mol. The number of hydrogen-bond acceptors (Lipinski definition) is 6. The summed E-state index contributed by atoms with van der Waals surface area (Å²) < 4.78 is 0. The van der Waals surface area contributed by atoms with Crippen LogP contribution in [0.25, 0.3) is 0 Å². The van der Waals surface area contributed by atoms with Crippen molar-refractivity contribution in [2.45, 2.75) is 64.6 Å². The normalized spacial score (nSPS) is 45.6. The zero-order valence-corrected chi connectivity index (χ0v) is 18.5. The maximum absolute atomic E-state index is 13.1. The molecule has 8 unspecified atom stereocenters. The molecule has 6 heteroatoms. The Morgan fingerprint density at radius 1 is 1.10 bits per heavy atom. The molecule has 4 aliphatic rings. The molecule has 0 aromatic rings. The van der Waals surface area contributed by atoms with E-state index in [0.29, 0.717) is 25.9 Å². The molecule has 0 aromatic carbocycles. The summed E-state index contributed by atoms with van der Waals surface area (Å²) in [5.74, 6) is 0.587. The molecule has 30 heavy (non-hydrogen) atoms. The number of likely N-dealkylation sites (N-methyl/N-ethyl adjacent to an activating group) is 1. The van der Waals surface area contributed by atoms with Gasteiger partial charge in [-0.25, -0.2) is 0 Å². The standard InChI is InChI=1S/C24H37NO5/c1-23-7-6-16-14(10-19(27)18-11-20(28)21(29)12-24(16,18)2)15(23)4-5-17(23)22(30)13-25(3)8-9-26/h10,15-18,20-21,26,28-29H,4-9,11-13H2,1-3H3. The topological polar surface area (TPSA) is 98.1 Å². The van der Waals surface area contributed by atoms with Crippen LogP contribution < -0.4 is 0 Å². The van der Waals surface area contributed by atoms with E-state index in [4.69, 9.17) is 5.11 Å². The second kappa shape index (κ2) is 7.80. The smallest absolute Gasteiger partial charge is 0.159 e. The van der Waals surface area contributed by atoms with Crippen LogP contribution >= 0.6 is 0 Å². The first-order valence-corrected chi connectivity index (χ1v) is 11.6. The zero-order valence-electron chi connectivity index (χ0n) is 18.5. The molecular weight excluding hydrogens is 382 g/mol. The van der Waals surface area contributed by atoms with Crippen LogP contribution in [0, 0.1) is 34.5 Å². The monoisotopic (exact) mass is 419 g/mol. The summed E-state index contributed by atoms with van der Waals surface area (Å²) in [6, 6.07) is 0. The van der Waals surface area contributed by atoms with Crippen LogP contribution in [0.4, 0.5) is 0 Å². The van der Waals surface area contributed by atoms with Crippen molar-refractivity contribution in [1.82, 2.24) is 4.90 Å². The number of allylic oxidation sites excluding steroid dienone is 2. The Morgan fingerprint density at radius 3 is 2.50 bits per heavy atom. The Hall–Kier alpha value is -1.08. The molecule has 0 saturated heterocycles. The van der Waals surface area contributed by atoms with Gasteiger partial charge in [0.2, 0.25) is 0 Å². The second-order valence-corrected chi connectivity index (χ2v) is 10.9. The van der Waals surface area contributed by atoms with Gasteiger partial charge in [-0.15, -0.1) is 0 Å². The number of ketones is 2. The fourth-order valence-electron chi connectivity index (χ4n) is 7.55. The van der Waals surface area contributed by atoms with Gasteiger partial charge in [-0.3, -0.25) is 14.5 Å². The van der Waals surface area contributed by atoms with E-state index >= 15 is 0 Å². The van der Waals surface area contributed by atoms with Gasteiger partial charge in [0.1, 0.15) is 5.78 Å². The summed E-state index contributed by atoms with van der Waals surface area (Å²) in [6.07, 6.45) is 4.74. The fraction of sp³-hybridized carbons (Fsp3) is 0.833. The molecule has 3 saturated carbocycles. The molecule has 4 aliphatic carbocycles. The van der Waals surface area contributed by atoms with Gasteiger partial charge >= 0.3 is 0 Å². The maximum Gasteiger partial charge on any atom is 0.159 e. The average Bonchev–Trinajstić information content (AvgIpc) is 3.02. The predicted octanol–water partition coefficient (Wildman–Crippen LogP) is 1.57. The summed E-state index contributed by atoms with van der Waals surface area (Å²) in [7, 11) is 1.87. The van der Waals surface area contributed by atoms with Gasteiger partial charge in [0.25, 0.3) is 0 Å². The van der Waals surface area contributed by atoms with E-state index in [0.717, 1.165) is 25.7 Å². The van der Waals surface area contributed by atoms with Gasteiger partial charge in [0.15, 0.2) is 5.78 Å². The Morgan fingerprint density at radius 2 is 1.80 bits per heavy atom. The third-order valence-electron chi connectivity index (χ3n) is 9.22. The number of nitrogens with zero attached hydrogens (tertiary/aromatic N) is 1. The molecule has 0 spiro atoms. The fourth-order valence-corrected chi connectivity index (χ4v) is 7.55. The van der Waals surface area contributed by atoms with Gasteiger partial charge in [-0.05, 0) is 74.3 Å². The van der Waals surface area contributed by atoms with Gasteiger partial charge in [-0.2, -0.15) is 0 Å². The molecular formula is C24H37NO5. The molecule has 3 N–H and O–H groups in total. The van der Waals surface area contributed by atoms with Crippen LogP contribution in [-0.2, 0) is 9.59 Å². The first-order chi connectivity index (χ1) is 14.1. The van der Waals surface area contributed by atoms with Crippen molar-refractivity contribution in [2.75, 3.05) is 26.7 Å². The molecule has 0 aliphatic heterocycles. The number of hydrogen-bond donors (Lipinski definition) is 3. The summed E-state index contributed by atoms with van der Waals surface area (Å²) in [4.78, 5) is 28.1. The lowest BCUT2D eigenvalue weighted by Gasteiger charge is -2.57. The number of carbonyl (C=O) groups excluding carboxylic acids is 2. The van der Waals surface area contributed by atoms with E-state index in [1.54, 1.807) is 0 Å². The molecule has 6 nitrogen and oxygen atoms in total. The minimum atomic E-state index is -0.819. The van der Waals surface area contributed by atoms with E-state index in [1.165, 1.54) is 5.57 Å². The summed E-state index contributed by atoms with van der Waals surface area (Å²) in [6.45, 7) is 5.26. The highest BCUT2D eigenvalue weighted by Crippen LogP contribution is 2.65. The summed E-state index contributed by atoms with van der Waals surface area (Å²) in [5, 5.41) is 29.7. The van der Waals surface area contributed by atoms with Crippen molar-refractivity contribution in [1.29, 1.82) is 0 Å². The van der Waals surface area contributed by atoms with Crippen LogP contribution in [0.2, 0.25) is 0 Å². The molecule has 3 fully saturated rings. The molecule has 0 radical (unpaired) electrons. The number of rotatable bonds is 5. The van der Waals surface area contributed by atoms with Crippen molar-refractivity contribution in [3.63, 3.8) is 0 Å². The number of aliphatic hydroxyl groups is 3. The van der Waals surface area contributed by atoms with E-state index in [-0.39, 0.29) is 52.7 Å². The first-order valence-electron chi connectivity index (χ1n) is 11.6. The lowest BCUT2D eigenvalue weighted by Crippen LogP contribution is -2.56. The third-order valence-corrected chi connectivity index (χ3v) is 9.22. The maximum atomic E-state index is 13.1. The van der Waals surface area contributed by atoms with E-state index in [2.05, 4.69) is 13.8 Å². The van der Waals surface area contributed by atoms with Crippen LogP contribution in [0.3, 0.4) is 0 Å². The van der Waals surface area contributed by atoms with Gasteiger partial charge in [0.05, 0.1) is 25.4 Å². The summed E-state index contributed by atoms with van der Waals surface area (Å²) in [5.41, 5.74) is 0.760. The second-order valence-electron chi connectivity index (χ2n) is 10.9. The minimum absolute atomic E-state index is 0.00936. The lowest BCUT2D eigenvalue weighted by molar-refractivity contribution is -0.143. The largest absolute Gasteiger partial charge is 0.395 e. The van der Waals surface area contributed by atoms with Crippen molar-refractivity contribution in [2.24, 2.45) is 34.5 Å². The van der Waals surface area contributed by atoms with Crippen LogP contribution in [0.1, 0.15) is 52.4 Å². The van der Waals surface area contributed by atoms with Crippen LogP contribution in [-0.4, -0.2) is 70.7 Å². The quantitative estimate of drug-likeness (QED) is 0.626. The molecule has 0 bridgehead atoms. The highest BCUT2D eigenvalue weighted by atomic mass is 16.3. The van der Waals surface area contributed by atoms with Crippen molar-refractivity contribution < 1.29 is 24.9 Å². The highest BCUT2D eigenvalue weighted by molar-refractivity contribution is 5.94. The Kier molecular flexibility index (Phi) is 5.76. The molecule has 0 amide bonds. The predicted molar refractivity (Wildman–Crippen MR) is 113 cm³/mol. The van der Waals surface area contributed by atoms with Crippen LogP contribution in [0.5, 0.6) is 0 Å². The zero-order chi connectivity index (χ0) is 21.8. The highest BCUT2D eigenvalue weighted by Gasteiger charge is 2.61. The van der Waals surface area contributed by atoms with Gasteiger partial charge in [0, 0.05) is 18.4 Å². The lowest BCUT2D eigenvalue weighted by atomic mass is 9.47. The molecule has 168 valence electrons. The molecule has 0 aromatic heterocycles. The minimum Gasteiger partial charge on any atom is -0.395 e. The van der Waals surface area contributed by atoms with Gasteiger partial charge in [-0.1, -0.05) is 19.4 Å². The number of Topliss-reactive ketones (excluding diaryl/α,β-unsaturated/α-hetero) is 1. The van der Waals surface area contributed by atoms with Crippen molar-refractivity contribution in [3.8, 4) is 0 Å². The number of aliphatic hydroxyl groups excluding tert-OH is 3. The molecule has 0 heterocycles. The van der Waals surface area contributed by atoms with Gasteiger partial charge < -0.3 is 15.3 Å². The molecule has 4 rings (SSSR count). The van der Waals surface area contributed by atoms with E-state index in [1.807, 2.05) is 18.0 Å². The Balaban J connectivity index is 1.60. The molecule has 8 atom stereocenters. The Labute approximate surface area is 179 Å². The van der Waals surface area contributed by atoms with E-state index in [9.17, 15) is 19.8 Å². The van der Waals surface area contributed by atoms with E-state index < -0.39 is 12.2 Å². The van der Waals surface area contributed by atoms with Crippen molar-refractivity contribution >= 4 is 11.6 Å². The SMILES string of the molecule is CN(CCO)CC(=O)C1CCC2C3=CC(=O)C4CC(O)C(O)CC4(C)C3CCC12C. The number of carbonyl (C=O) groups is 2. The Bertz CT molecular complexity index is 750. The number of fused-ring (bicyclic) bond motifs is 5. The summed E-state index contributed by atoms with van der Waals surface area (Å²) >= 11 is 0.